The van der Waals surface area contributed by atoms with E-state index in [0.717, 1.165) is 56.4 Å². The molecule has 1 N–H and O–H groups in total. The maximum Gasteiger partial charge on any atom is 0.225 e. The second-order valence-corrected chi connectivity index (χ2v) is 4.84. The Labute approximate surface area is 108 Å². The number of aliphatic hydroxyl groups is 1. The van der Waals surface area contributed by atoms with Crippen LogP contribution in [0.1, 0.15) is 17.7 Å². The maximum absolute atomic E-state index is 8.98. The number of nitrogens with zero attached hydrogens (tertiary/aromatic N) is 4. The molecule has 0 aromatic carbocycles. The molecule has 1 saturated heterocycles. The minimum atomic E-state index is 0.236. The largest absolute Gasteiger partial charge is 0.395 e. The molecule has 1 aliphatic heterocycles. The highest BCUT2D eigenvalue weighted by Crippen LogP contribution is 2.13. The van der Waals surface area contributed by atoms with Crippen LogP contribution in [0.15, 0.2) is 6.20 Å². The second-order valence-electron chi connectivity index (χ2n) is 4.84. The van der Waals surface area contributed by atoms with Gasteiger partial charge in [-0.2, -0.15) is 0 Å². The number of hydrogen-bond donors (Lipinski definition) is 1. The summed E-state index contributed by atoms with van der Waals surface area (Å²) in [5, 5.41) is 8.98. The van der Waals surface area contributed by atoms with Crippen LogP contribution < -0.4 is 4.90 Å². The fourth-order valence-corrected chi connectivity index (χ4v) is 2.20. The Balaban J connectivity index is 2.02. The zero-order valence-corrected chi connectivity index (χ0v) is 11.3. The van der Waals surface area contributed by atoms with E-state index in [1.165, 1.54) is 0 Å². The first kappa shape index (κ1) is 13.2. The zero-order valence-electron chi connectivity index (χ0n) is 11.3. The molecule has 0 spiro atoms. The Hall–Kier alpha value is -1.20. The first-order chi connectivity index (χ1) is 8.70. The molecular weight excluding hydrogens is 228 g/mol. The molecule has 0 aliphatic carbocycles. The number of aromatic nitrogens is 2. The lowest BCUT2D eigenvalue weighted by molar-refractivity contribution is 0.204. The van der Waals surface area contributed by atoms with E-state index >= 15 is 0 Å². The summed E-state index contributed by atoms with van der Waals surface area (Å²) in [6.45, 7) is 8.99. The summed E-state index contributed by atoms with van der Waals surface area (Å²) in [6, 6.07) is 0. The highest BCUT2D eigenvalue weighted by molar-refractivity contribution is 5.32. The van der Waals surface area contributed by atoms with Crippen LogP contribution in [-0.2, 0) is 0 Å². The first-order valence-electron chi connectivity index (χ1n) is 6.59. The van der Waals surface area contributed by atoms with Crippen molar-refractivity contribution in [2.75, 3.05) is 44.2 Å². The lowest BCUT2D eigenvalue weighted by Gasteiger charge is -2.21. The quantitative estimate of drug-likeness (QED) is 0.851. The van der Waals surface area contributed by atoms with Gasteiger partial charge < -0.3 is 10.0 Å². The molecule has 5 nitrogen and oxygen atoms in total. The van der Waals surface area contributed by atoms with Crippen molar-refractivity contribution in [2.24, 2.45) is 0 Å². The van der Waals surface area contributed by atoms with Gasteiger partial charge in [-0.1, -0.05) is 0 Å². The van der Waals surface area contributed by atoms with Gasteiger partial charge in [0.15, 0.2) is 0 Å². The van der Waals surface area contributed by atoms with Gasteiger partial charge in [-0.3, -0.25) is 4.90 Å². The molecule has 5 heteroatoms. The zero-order chi connectivity index (χ0) is 13.0. The fraction of sp³-hybridized carbons (Fsp3) is 0.692. The predicted octanol–water partition coefficient (Wildman–Crippen LogP) is 0.598. The van der Waals surface area contributed by atoms with Gasteiger partial charge in [-0.15, -0.1) is 0 Å². The Morgan fingerprint density at radius 1 is 1.22 bits per heavy atom. The number of anilines is 1. The van der Waals surface area contributed by atoms with Gasteiger partial charge in [0.2, 0.25) is 5.95 Å². The predicted molar refractivity (Wildman–Crippen MR) is 71.9 cm³/mol. The van der Waals surface area contributed by atoms with E-state index in [0.29, 0.717) is 0 Å². The smallest absolute Gasteiger partial charge is 0.225 e. The molecule has 18 heavy (non-hydrogen) atoms. The molecule has 100 valence electrons. The first-order valence-corrected chi connectivity index (χ1v) is 6.59. The van der Waals surface area contributed by atoms with Crippen LogP contribution in [0.4, 0.5) is 5.95 Å². The van der Waals surface area contributed by atoms with Crippen molar-refractivity contribution in [2.45, 2.75) is 20.3 Å². The van der Waals surface area contributed by atoms with Crippen LogP contribution in [0.2, 0.25) is 0 Å². The molecule has 0 saturated carbocycles. The van der Waals surface area contributed by atoms with Crippen molar-refractivity contribution >= 4 is 5.95 Å². The lowest BCUT2D eigenvalue weighted by Crippen LogP contribution is -2.33. The number of rotatable bonds is 3. The van der Waals surface area contributed by atoms with Crippen molar-refractivity contribution in [3.63, 3.8) is 0 Å². The summed E-state index contributed by atoms with van der Waals surface area (Å²) in [5.74, 6) is 0.837. The van der Waals surface area contributed by atoms with E-state index in [4.69, 9.17) is 5.11 Å². The van der Waals surface area contributed by atoms with Gasteiger partial charge in [0.25, 0.3) is 0 Å². The summed E-state index contributed by atoms with van der Waals surface area (Å²) >= 11 is 0. The van der Waals surface area contributed by atoms with E-state index in [2.05, 4.69) is 19.8 Å². The summed E-state index contributed by atoms with van der Waals surface area (Å²) in [6.07, 6.45) is 2.99. The van der Waals surface area contributed by atoms with Crippen molar-refractivity contribution in [3.8, 4) is 0 Å². The summed E-state index contributed by atoms with van der Waals surface area (Å²) in [4.78, 5) is 13.5. The monoisotopic (exact) mass is 250 g/mol. The maximum atomic E-state index is 8.98. The highest BCUT2D eigenvalue weighted by Gasteiger charge is 2.16. The molecule has 2 heterocycles. The number of hydrogen-bond acceptors (Lipinski definition) is 5. The lowest BCUT2D eigenvalue weighted by atomic mass is 10.3. The number of aliphatic hydroxyl groups excluding tert-OH is 1. The normalized spacial score (nSPS) is 17.8. The highest BCUT2D eigenvalue weighted by atomic mass is 16.3. The topological polar surface area (TPSA) is 52.5 Å². The average Bonchev–Trinajstić information content (AvgIpc) is 2.59. The summed E-state index contributed by atoms with van der Waals surface area (Å²) < 4.78 is 0. The molecule has 0 radical (unpaired) electrons. The number of aryl methyl sites for hydroxylation is 2. The third-order valence-electron chi connectivity index (χ3n) is 3.50. The third kappa shape index (κ3) is 3.17. The van der Waals surface area contributed by atoms with Gasteiger partial charge in [-0.05, 0) is 32.4 Å². The molecule has 0 amide bonds. The molecule has 0 bridgehead atoms. The Bertz CT molecular complexity index is 397. The van der Waals surface area contributed by atoms with Gasteiger partial charge >= 0.3 is 0 Å². The summed E-state index contributed by atoms with van der Waals surface area (Å²) in [5.41, 5.74) is 2.19. The van der Waals surface area contributed by atoms with Crippen molar-refractivity contribution in [3.05, 3.63) is 17.5 Å². The van der Waals surface area contributed by atoms with Crippen LogP contribution in [0.25, 0.3) is 0 Å². The fourth-order valence-electron chi connectivity index (χ4n) is 2.20. The van der Waals surface area contributed by atoms with Gasteiger partial charge in [0, 0.05) is 38.1 Å². The third-order valence-corrected chi connectivity index (χ3v) is 3.50. The van der Waals surface area contributed by atoms with Crippen LogP contribution >= 0.6 is 0 Å². The van der Waals surface area contributed by atoms with Crippen LogP contribution in [0, 0.1) is 13.8 Å². The van der Waals surface area contributed by atoms with Crippen molar-refractivity contribution < 1.29 is 5.11 Å². The molecular formula is C13H22N4O. The summed E-state index contributed by atoms with van der Waals surface area (Å²) in [7, 11) is 0. The van der Waals surface area contributed by atoms with Gasteiger partial charge in [-0.25, -0.2) is 9.97 Å². The minimum Gasteiger partial charge on any atom is -0.395 e. The van der Waals surface area contributed by atoms with Gasteiger partial charge in [0.05, 0.1) is 6.61 Å². The molecule has 1 aromatic rings. The van der Waals surface area contributed by atoms with E-state index < -0.39 is 0 Å². The minimum absolute atomic E-state index is 0.236. The molecule has 1 fully saturated rings. The Kier molecular flexibility index (Phi) is 4.49. The molecule has 1 aliphatic rings. The van der Waals surface area contributed by atoms with Crippen LogP contribution in [0.5, 0.6) is 0 Å². The van der Waals surface area contributed by atoms with Crippen molar-refractivity contribution in [1.82, 2.24) is 14.9 Å². The van der Waals surface area contributed by atoms with Crippen molar-refractivity contribution in [1.29, 1.82) is 0 Å². The van der Waals surface area contributed by atoms with Crippen LogP contribution in [-0.4, -0.2) is 59.3 Å². The SMILES string of the molecule is Cc1cnc(N2CCCN(CCO)CC2)nc1C. The number of β-amino-alcohol motifs (C(OH)–C–C–N with tert-alkyl or cyclic N) is 1. The van der Waals surface area contributed by atoms with E-state index in [9.17, 15) is 0 Å². The standard InChI is InChI=1S/C13H22N4O/c1-11-10-14-13(15-12(11)2)17-5-3-4-16(6-7-17)8-9-18/h10,18H,3-9H2,1-2H3. The molecule has 0 atom stereocenters. The Morgan fingerprint density at radius 2 is 2.06 bits per heavy atom. The molecule has 2 rings (SSSR count). The Morgan fingerprint density at radius 3 is 2.78 bits per heavy atom. The van der Waals surface area contributed by atoms with Crippen LogP contribution in [0.3, 0.4) is 0 Å². The second kappa shape index (κ2) is 6.11. The van der Waals surface area contributed by atoms with E-state index in [-0.39, 0.29) is 6.61 Å². The average molecular weight is 250 g/mol. The molecule has 0 unspecified atom stereocenters. The van der Waals surface area contributed by atoms with E-state index in [1.54, 1.807) is 0 Å². The molecule has 1 aromatic heterocycles. The van der Waals surface area contributed by atoms with E-state index in [1.807, 2.05) is 20.0 Å². The van der Waals surface area contributed by atoms with Gasteiger partial charge in [0.1, 0.15) is 0 Å².